The van der Waals surface area contributed by atoms with Gasteiger partial charge in [-0.05, 0) is 29.3 Å². The quantitative estimate of drug-likeness (QED) is 0.894. The lowest BCUT2D eigenvalue weighted by molar-refractivity contribution is -0.0381. The first-order valence-electron chi connectivity index (χ1n) is 6.12. The number of anilines is 1. The maximum absolute atomic E-state index is 5.46. The minimum Gasteiger partial charge on any atom is -0.388 e. The Labute approximate surface area is 107 Å². The van der Waals surface area contributed by atoms with Gasteiger partial charge in [-0.15, -0.1) is 0 Å². The molecule has 1 aromatic carbocycles. The molecule has 1 saturated heterocycles. The zero-order valence-corrected chi connectivity index (χ0v) is 10.4. The van der Waals surface area contributed by atoms with Gasteiger partial charge in [0.15, 0.2) is 0 Å². The van der Waals surface area contributed by atoms with E-state index in [-0.39, 0.29) is 5.41 Å². The molecule has 92 valence electrons. The molecule has 0 atom stereocenters. The fourth-order valence-corrected chi connectivity index (χ4v) is 2.41. The maximum atomic E-state index is 5.46. The van der Waals surface area contributed by atoms with Gasteiger partial charge in [-0.3, -0.25) is 4.98 Å². The first-order valence-corrected chi connectivity index (χ1v) is 6.12. The summed E-state index contributed by atoms with van der Waals surface area (Å²) in [7, 11) is 1.93. The Morgan fingerprint density at radius 2 is 1.89 bits per heavy atom. The smallest absolute Gasteiger partial charge is 0.0684 e. The van der Waals surface area contributed by atoms with Gasteiger partial charge in [0.05, 0.1) is 18.6 Å². The van der Waals surface area contributed by atoms with Crippen LogP contribution in [0.4, 0.5) is 5.69 Å². The van der Waals surface area contributed by atoms with E-state index in [0.717, 1.165) is 18.9 Å². The molecule has 1 aliphatic rings. The third-order valence-corrected chi connectivity index (χ3v) is 3.64. The monoisotopic (exact) mass is 240 g/mol. The van der Waals surface area contributed by atoms with Crippen molar-refractivity contribution in [3.63, 3.8) is 0 Å². The molecule has 3 heteroatoms. The number of benzene rings is 1. The molecule has 18 heavy (non-hydrogen) atoms. The summed E-state index contributed by atoms with van der Waals surface area (Å²) < 4.78 is 5.46. The van der Waals surface area contributed by atoms with Crippen LogP contribution in [-0.2, 0) is 10.2 Å². The summed E-state index contributed by atoms with van der Waals surface area (Å²) in [4.78, 5) is 4.22. The van der Waals surface area contributed by atoms with Gasteiger partial charge in [-0.1, -0.05) is 18.2 Å². The van der Waals surface area contributed by atoms with Crippen molar-refractivity contribution in [2.24, 2.45) is 0 Å². The number of hydrogen-bond donors (Lipinski definition) is 1. The average molecular weight is 240 g/mol. The Morgan fingerprint density at radius 1 is 1.11 bits per heavy atom. The van der Waals surface area contributed by atoms with Crippen molar-refractivity contribution in [1.82, 2.24) is 4.98 Å². The highest BCUT2D eigenvalue weighted by molar-refractivity contribution is 5.49. The lowest BCUT2D eigenvalue weighted by Crippen LogP contribution is -2.47. The lowest BCUT2D eigenvalue weighted by atomic mass is 9.73. The van der Waals surface area contributed by atoms with E-state index in [0.29, 0.717) is 0 Å². The summed E-state index contributed by atoms with van der Waals surface area (Å²) in [5, 5.41) is 3.14. The van der Waals surface area contributed by atoms with Gasteiger partial charge in [0.1, 0.15) is 0 Å². The van der Waals surface area contributed by atoms with Gasteiger partial charge < -0.3 is 10.1 Å². The summed E-state index contributed by atoms with van der Waals surface area (Å²) in [5.74, 6) is 0. The van der Waals surface area contributed by atoms with Crippen LogP contribution >= 0.6 is 0 Å². The highest BCUT2D eigenvalue weighted by Crippen LogP contribution is 2.39. The Hall–Kier alpha value is -1.87. The average Bonchev–Trinajstić information content (AvgIpc) is 2.40. The molecule has 0 spiro atoms. The van der Waals surface area contributed by atoms with E-state index in [9.17, 15) is 0 Å². The third kappa shape index (κ3) is 1.68. The normalized spacial score (nSPS) is 16.9. The van der Waals surface area contributed by atoms with Crippen molar-refractivity contribution < 1.29 is 4.74 Å². The van der Waals surface area contributed by atoms with Crippen LogP contribution in [-0.4, -0.2) is 25.2 Å². The zero-order chi connectivity index (χ0) is 12.4. The fraction of sp³-hybridized carbons (Fsp3) is 0.267. The first-order chi connectivity index (χ1) is 8.85. The highest BCUT2D eigenvalue weighted by Gasteiger charge is 2.42. The van der Waals surface area contributed by atoms with E-state index in [4.69, 9.17) is 4.74 Å². The Bertz CT molecular complexity index is 518. The van der Waals surface area contributed by atoms with Gasteiger partial charge >= 0.3 is 0 Å². The Kier molecular flexibility index (Phi) is 2.76. The van der Waals surface area contributed by atoms with Crippen LogP contribution in [0.25, 0.3) is 0 Å². The number of rotatable bonds is 3. The molecular weight excluding hydrogens is 224 g/mol. The van der Waals surface area contributed by atoms with Gasteiger partial charge in [0.2, 0.25) is 0 Å². The fourth-order valence-electron chi connectivity index (χ4n) is 2.41. The zero-order valence-electron chi connectivity index (χ0n) is 10.4. The predicted octanol–water partition coefficient (Wildman–Crippen LogP) is 2.44. The van der Waals surface area contributed by atoms with Crippen molar-refractivity contribution in [1.29, 1.82) is 0 Å². The molecule has 0 saturated carbocycles. The van der Waals surface area contributed by atoms with E-state index >= 15 is 0 Å². The molecule has 0 unspecified atom stereocenters. The second-order valence-electron chi connectivity index (χ2n) is 4.64. The van der Waals surface area contributed by atoms with Crippen LogP contribution in [0.5, 0.6) is 0 Å². The largest absolute Gasteiger partial charge is 0.388 e. The summed E-state index contributed by atoms with van der Waals surface area (Å²) in [6.07, 6.45) is 3.75. The first kappa shape index (κ1) is 11.2. The van der Waals surface area contributed by atoms with Gasteiger partial charge in [0, 0.05) is 25.1 Å². The summed E-state index contributed by atoms with van der Waals surface area (Å²) in [6.45, 7) is 1.47. The van der Waals surface area contributed by atoms with Crippen molar-refractivity contribution in [2.75, 3.05) is 25.6 Å². The number of ether oxygens (including phenoxy) is 1. The minimum atomic E-state index is -0.0134. The van der Waals surface area contributed by atoms with Crippen LogP contribution in [0.2, 0.25) is 0 Å². The molecule has 2 heterocycles. The van der Waals surface area contributed by atoms with Crippen LogP contribution in [0.1, 0.15) is 11.1 Å². The van der Waals surface area contributed by atoms with E-state index in [1.165, 1.54) is 11.1 Å². The van der Waals surface area contributed by atoms with Gasteiger partial charge in [0.25, 0.3) is 0 Å². The minimum absolute atomic E-state index is 0.0134. The van der Waals surface area contributed by atoms with Crippen molar-refractivity contribution in [3.8, 4) is 0 Å². The molecule has 0 radical (unpaired) electrons. The second-order valence-corrected chi connectivity index (χ2v) is 4.64. The Morgan fingerprint density at radius 3 is 2.39 bits per heavy atom. The highest BCUT2D eigenvalue weighted by atomic mass is 16.5. The molecule has 0 amide bonds. The van der Waals surface area contributed by atoms with Gasteiger partial charge in [-0.2, -0.15) is 0 Å². The topological polar surface area (TPSA) is 34.2 Å². The standard InChI is InChI=1S/C15H16N2O/c1-16-14-6-4-12(5-7-14)15(10-18-11-15)13-3-2-8-17-9-13/h2-9,16H,10-11H2,1H3. The maximum Gasteiger partial charge on any atom is 0.0684 e. The predicted molar refractivity (Wildman–Crippen MR) is 71.8 cm³/mol. The Balaban J connectivity index is 2.01. The van der Waals surface area contributed by atoms with E-state index in [1.54, 1.807) is 6.20 Å². The molecule has 3 rings (SSSR count). The summed E-state index contributed by atoms with van der Waals surface area (Å²) in [6, 6.07) is 12.7. The molecule has 1 aliphatic heterocycles. The third-order valence-electron chi connectivity index (χ3n) is 3.64. The molecule has 1 aromatic heterocycles. The SMILES string of the molecule is CNc1ccc(C2(c3cccnc3)COC2)cc1. The van der Waals surface area contributed by atoms with Crippen LogP contribution < -0.4 is 5.32 Å². The molecule has 2 aromatic rings. The number of nitrogens with zero attached hydrogens (tertiary/aromatic N) is 1. The van der Waals surface area contributed by atoms with Crippen molar-refractivity contribution in [3.05, 3.63) is 59.9 Å². The van der Waals surface area contributed by atoms with Crippen molar-refractivity contribution in [2.45, 2.75) is 5.41 Å². The number of aromatic nitrogens is 1. The van der Waals surface area contributed by atoms with Crippen LogP contribution in [0.3, 0.4) is 0 Å². The molecule has 0 bridgehead atoms. The second kappa shape index (κ2) is 4.42. The number of nitrogens with one attached hydrogen (secondary N) is 1. The number of pyridine rings is 1. The van der Waals surface area contributed by atoms with Crippen LogP contribution in [0, 0.1) is 0 Å². The number of hydrogen-bond acceptors (Lipinski definition) is 3. The summed E-state index contributed by atoms with van der Waals surface area (Å²) in [5.41, 5.74) is 3.63. The summed E-state index contributed by atoms with van der Waals surface area (Å²) >= 11 is 0. The van der Waals surface area contributed by atoms with E-state index in [1.807, 2.05) is 19.3 Å². The lowest BCUT2D eigenvalue weighted by Gasteiger charge is -2.42. The van der Waals surface area contributed by atoms with Gasteiger partial charge in [-0.25, -0.2) is 0 Å². The molecule has 3 nitrogen and oxygen atoms in total. The van der Waals surface area contributed by atoms with E-state index < -0.39 is 0 Å². The molecule has 1 fully saturated rings. The molecule has 0 aliphatic carbocycles. The van der Waals surface area contributed by atoms with E-state index in [2.05, 4.69) is 40.6 Å². The molecular formula is C15H16N2O. The molecule has 1 N–H and O–H groups in total. The van der Waals surface area contributed by atoms with Crippen molar-refractivity contribution >= 4 is 5.69 Å². The van der Waals surface area contributed by atoms with Crippen LogP contribution in [0.15, 0.2) is 48.8 Å².